The van der Waals surface area contributed by atoms with Gasteiger partial charge >= 0.3 is 0 Å². The largest absolute Gasteiger partial charge is 0.492 e. The lowest BCUT2D eigenvalue weighted by Gasteiger charge is -2.20. The highest BCUT2D eigenvalue weighted by molar-refractivity contribution is 9.10. The van der Waals surface area contributed by atoms with Crippen LogP contribution in [0.25, 0.3) is 0 Å². The van der Waals surface area contributed by atoms with E-state index < -0.39 is 0 Å². The van der Waals surface area contributed by atoms with Crippen molar-refractivity contribution in [2.24, 2.45) is 0 Å². The van der Waals surface area contributed by atoms with Gasteiger partial charge < -0.3 is 15.0 Å². The lowest BCUT2D eigenvalue weighted by molar-refractivity contribution is -0.129. The molecule has 1 aliphatic heterocycles. The second-order valence-electron chi connectivity index (χ2n) is 4.21. The Morgan fingerprint density at radius 1 is 1.33 bits per heavy atom. The van der Waals surface area contributed by atoms with E-state index in [1.807, 2.05) is 29.2 Å². The summed E-state index contributed by atoms with van der Waals surface area (Å²) >= 11 is 3.38. The van der Waals surface area contributed by atoms with Gasteiger partial charge in [0.2, 0.25) is 5.91 Å². The second kappa shape index (κ2) is 6.75. The molecule has 0 aliphatic carbocycles. The Kier molecular flexibility index (Phi) is 5.01. The van der Waals surface area contributed by atoms with Crippen molar-refractivity contribution >= 4 is 21.8 Å². The molecule has 1 aromatic carbocycles. The van der Waals surface area contributed by atoms with Crippen molar-refractivity contribution in [1.82, 2.24) is 10.2 Å². The molecule has 1 aliphatic rings. The van der Waals surface area contributed by atoms with Crippen molar-refractivity contribution in [1.29, 1.82) is 0 Å². The Balaban J connectivity index is 1.77. The summed E-state index contributed by atoms with van der Waals surface area (Å²) in [5.41, 5.74) is 0. The van der Waals surface area contributed by atoms with Crippen LogP contribution in [0.15, 0.2) is 28.7 Å². The first-order valence-corrected chi connectivity index (χ1v) is 6.92. The van der Waals surface area contributed by atoms with Crippen LogP contribution in [-0.2, 0) is 4.79 Å². The fraction of sp³-hybridized carbons (Fsp3) is 0.462. The van der Waals surface area contributed by atoms with Crippen LogP contribution in [0.5, 0.6) is 5.75 Å². The lowest BCUT2D eigenvalue weighted by atomic mass is 10.3. The molecule has 1 saturated heterocycles. The molecule has 2 rings (SSSR count). The van der Waals surface area contributed by atoms with E-state index in [1.54, 1.807) is 0 Å². The monoisotopic (exact) mass is 312 g/mol. The Hall–Kier alpha value is -1.07. The molecule has 0 radical (unpaired) electrons. The molecular weight excluding hydrogens is 296 g/mol. The number of carbonyl (C=O) groups excluding carboxylic acids is 1. The molecule has 18 heavy (non-hydrogen) atoms. The number of halogens is 1. The van der Waals surface area contributed by atoms with E-state index in [-0.39, 0.29) is 5.91 Å². The number of hydrogen-bond donors (Lipinski definition) is 1. The highest BCUT2D eigenvalue weighted by Crippen LogP contribution is 2.15. The van der Waals surface area contributed by atoms with Gasteiger partial charge in [-0.3, -0.25) is 4.79 Å². The smallest absolute Gasteiger partial charge is 0.236 e. The molecule has 0 spiro atoms. The summed E-state index contributed by atoms with van der Waals surface area (Å²) in [7, 11) is 0. The van der Waals surface area contributed by atoms with Crippen LogP contribution in [0.1, 0.15) is 6.42 Å². The Labute approximate surface area is 115 Å². The highest BCUT2D eigenvalue weighted by Gasteiger charge is 2.15. The molecule has 0 aromatic heterocycles. The zero-order valence-electron chi connectivity index (χ0n) is 10.2. The summed E-state index contributed by atoms with van der Waals surface area (Å²) < 4.78 is 6.65. The van der Waals surface area contributed by atoms with Crippen molar-refractivity contribution in [3.63, 3.8) is 0 Å². The van der Waals surface area contributed by atoms with Gasteiger partial charge in [0.15, 0.2) is 0 Å². The number of rotatable bonds is 4. The van der Waals surface area contributed by atoms with E-state index in [9.17, 15) is 4.79 Å². The van der Waals surface area contributed by atoms with Gasteiger partial charge in [0.05, 0.1) is 13.1 Å². The van der Waals surface area contributed by atoms with E-state index >= 15 is 0 Å². The molecule has 5 heteroatoms. The van der Waals surface area contributed by atoms with Crippen LogP contribution >= 0.6 is 15.9 Å². The van der Waals surface area contributed by atoms with Crippen molar-refractivity contribution in [2.45, 2.75) is 6.42 Å². The maximum Gasteiger partial charge on any atom is 0.236 e. The first kappa shape index (κ1) is 13.4. The average molecular weight is 313 g/mol. The van der Waals surface area contributed by atoms with Gasteiger partial charge in [-0.25, -0.2) is 0 Å². The minimum absolute atomic E-state index is 0.159. The summed E-state index contributed by atoms with van der Waals surface area (Å²) in [5, 5.41) is 3.10. The fourth-order valence-corrected chi connectivity index (χ4v) is 2.13. The molecule has 0 saturated carbocycles. The lowest BCUT2D eigenvalue weighted by Crippen LogP contribution is -2.37. The number of nitrogens with zero attached hydrogens (tertiary/aromatic N) is 1. The molecule has 4 nitrogen and oxygen atoms in total. The third-order valence-corrected chi connectivity index (χ3v) is 3.38. The quantitative estimate of drug-likeness (QED) is 0.919. The molecule has 0 atom stereocenters. The van der Waals surface area contributed by atoms with Gasteiger partial charge in [-0.2, -0.15) is 0 Å². The number of carbonyl (C=O) groups is 1. The number of benzene rings is 1. The zero-order valence-corrected chi connectivity index (χ0v) is 11.8. The Bertz CT molecular complexity index is 394. The average Bonchev–Trinajstić information content (AvgIpc) is 2.57. The summed E-state index contributed by atoms with van der Waals surface area (Å²) in [4.78, 5) is 13.6. The minimum atomic E-state index is 0.159. The Morgan fingerprint density at radius 2 is 2.11 bits per heavy atom. The van der Waals surface area contributed by atoms with Crippen molar-refractivity contribution in [3.05, 3.63) is 28.7 Å². The molecule has 98 valence electrons. The van der Waals surface area contributed by atoms with Crippen molar-refractivity contribution < 1.29 is 9.53 Å². The van der Waals surface area contributed by atoms with Crippen molar-refractivity contribution in [2.75, 3.05) is 32.8 Å². The number of ether oxygens (including phenoxy) is 1. The third kappa shape index (κ3) is 3.99. The summed E-state index contributed by atoms with van der Waals surface area (Å²) in [6, 6.07) is 7.71. The number of hydrogen-bond acceptors (Lipinski definition) is 3. The highest BCUT2D eigenvalue weighted by atomic mass is 79.9. The van der Waals surface area contributed by atoms with Crippen LogP contribution in [0.2, 0.25) is 0 Å². The standard InChI is InChI=1S/C13H17BrN2O2/c14-11-2-4-12(5-3-11)18-9-8-16-7-1-6-15-10-13(16)17/h2-5,15H,1,6-10H2. The van der Waals surface area contributed by atoms with Crippen LogP contribution in [0, 0.1) is 0 Å². The van der Waals surface area contributed by atoms with Gasteiger partial charge in [0, 0.05) is 11.0 Å². The topological polar surface area (TPSA) is 41.6 Å². The van der Waals surface area contributed by atoms with Crippen LogP contribution < -0.4 is 10.1 Å². The normalized spacial score (nSPS) is 16.5. The summed E-state index contributed by atoms with van der Waals surface area (Å²) in [6.07, 6.45) is 1.00. The van der Waals surface area contributed by atoms with Crippen LogP contribution in [0.3, 0.4) is 0 Å². The minimum Gasteiger partial charge on any atom is -0.492 e. The van der Waals surface area contributed by atoms with E-state index in [0.29, 0.717) is 19.7 Å². The van der Waals surface area contributed by atoms with E-state index in [2.05, 4.69) is 21.2 Å². The third-order valence-electron chi connectivity index (χ3n) is 2.85. The van der Waals surface area contributed by atoms with Crippen molar-refractivity contribution in [3.8, 4) is 5.75 Å². The predicted molar refractivity (Wildman–Crippen MR) is 73.7 cm³/mol. The molecular formula is C13H17BrN2O2. The summed E-state index contributed by atoms with van der Waals surface area (Å²) in [6.45, 7) is 3.35. The van der Waals surface area contributed by atoms with Gasteiger partial charge in [-0.1, -0.05) is 15.9 Å². The molecule has 1 N–H and O–H groups in total. The van der Waals surface area contributed by atoms with Gasteiger partial charge in [-0.15, -0.1) is 0 Å². The molecule has 1 fully saturated rings. The van der Waals surface area contributed by atoms with Crippen LogP contribution in [-0.4, -0.2) is 43.6 Å². The predicted octanol–water partition coefficient (Wildman–Crippen LogP) is 1.65. The maximum atomic E-state index is 11.7. The Morgan fingerprint density at radius 3 is 2.89 bits per heavy atom. The first-order chi connectivity index (χ1) is 8.75. The zero-order chi connectivity index (χ0) is 12.8. The van der Waals surface area contributed by atoms with Gasteiger partial charge in [0.1, 0.15) is 12.4 Å². The molecule has 1 heterocycles. The fourth-order valence-electron chi connectivity index (χ4n) is 1.87. The second-order valence-corrected chi connectivity index (χ2v) is 5.13. The van der Waals surface area contributed by atoms with Crippen LogP contribution in [0.4, 0.5) is 0 Å². The number of amides is 1. The van der Waals surface area contributed by atoms with Gasteiger partial charge in [0.25, 0.3) is 0 Å². The van der Waals surface area contributed by atoms with E-state index in [0.717, 1.165) is 29.7 Å². The van der Waals surface area contributed by atoms with E-state index in [4.69, 9.17) is 4.74 Å². The SMILES string of the molecule is O=C1CNCCCN1CCOc1ccc(Br)cc1. The number of nitrogens with one attached hydrogen (secondary N) is 1. The molecule has 0 unspecified atom stereocenters. The molecule has 1 amide bonds. The molecule has 1 aromatic rings. The van der Waals surface area contributed by atoms with E-state index in [1.165, 1.54) is 0 Å². The molecule has 0 bridgehead atoms. The van der Waals surface area contributed by atoms with Gasteiger partial charge in [-0.05, 0) is 37.2 Å². The first-order valence-electron chi connectivity index (χ1n) is 6.12. The maximum absolute atomic E-state index is 11.7. The summed E-state index contributed by atoms with van der Waals surface area (Å²) in [5.74, 6) is 0.991.